The summed E-state index contributed by atoms with van der Waals surface area (Å²) in [5, 5.41) is 2.88. The maximum atomic E-state index is 13.3. The minimum Gasteiger partial charge on any atom is -0.347 e. The number of para-hydroxylation sites is 1. The van der Waals surface area contributed by atoms with Gasteiger partial charge in [0.05, 0.1) is 5.52 Å². The highest BCUT2D eigenvalue weighted by molar-refractivity contribution is 6.08. The maximum absolute atomic E-state index is 13.3. The summed E-state index contributed by atoms with van der Waals surface area (Å²) >= 11 is 0. The van der Waals surface area contributed by atoms with Gasteiger partial charge in [0.15, 0.2) is 5.69 Å². The third kappa shape index (κ3) is 3.10. The van der Waals surface area contributed by atoms with E-state index in [1.807, 2.05) is 48.5 Å². The summed E-state index contributed by atoms with van der Waals surface area (Å²) in [6.45, 7) is 0.958. The Morgan fingerprint density at radius 1 is 1.00 bits per heavy atom. The van der Waals surface area contributed by atoms with Crippen LogP contribution in [0, 0.1) is 0 Å². The third-order valence-corrected chi connectivity index (χ3v) is 5.29. The number of nitrogens with one attached hydrogen (secondary N) is 1. The Balaban J connectivity index is 1.47. The molecule has 0 fully saturated rings. The molecule has 0 saturated carbocycles. The number of hydrogen-bond acceptors (Lipinski definition) is 4. The van der Waals surface area contributed by atoms with Gasteiger partial charge in [0.25, 0.3) is 11.8 Å². The summed E-state index contributed by atoms with van der Waals surface area (Å²) < 4.78 is 1.69. The summed E-state index contributed by atoms with van der Waals surface area (Å²) in [7, 11) is 0. The number of hydrogen-bond donors (Lipinski definition) is 1. The Hall–Kier alpha value is -4.00. The molecule has 7 heteroatoms. The number of imidazole rings is 1. The molecule has 2 amide bonds. The van der Waals surface area contributed by atoms with Crippen molar-refractivity contribution in [1.29, 1.82) is 0 Å². The zero-order valence-electron chi connectivity index (χ0n) is 16.2. The Labute approximate surface area is 173 Å². The molecule has 7 nitrogen and oxygen atoms in total. The lowest BCUT2D eigenvalue weighted by Gasteiger charge is -2.16. The molecule has 0 bridgehead atoms. The topological polar surface area (TPSA) is 79.6 Å². The lowest BCUT2D eigenvalue weighted by molar-refractivity contribution is 0.0948. The molecule has 0 unspecified atom stereocenters. The van der Waals surface area contributed by atoms with Crippen molar-refractivity contribution in [2.45, 2.75) is 13.0 Å². The first-order valence-electron chi connectivity index (χ1n) is 9.76. The number of carbonyl (C=O) groups excluding carboxylic acids is 2. The highest BCUT2D eigenvalue weighted by atomic mass is 16.2. The molecular weight excluding hydrogens is 378 g/mol. The van der Waals surface area contributed by atoms with Crippen molar-refractivity contribution in [1.82, 2.24) is 19.7 Å². The van der Waals surface area contributed by atoms with E-state index in [9.17, 15) is 9.59 Å². The van der Waals surface area contributed by atoms with Gasteiger partial charge in [-0.25, -0.2) is 4.98 Å². The molecule has 0 spiro atoms. The highest BCUT2D eigenvalue weighted by Crippen LogP contribution is 2.29. The van der Waals surface area contributed by atoms with E-state index in [0.717, 1.165) is 23.2 Å². The second-order valence-electron chi connectivity index (χ2n) is 7.11. The number of rotatable bonds is 4. The first-order chi connectivity index (χ1) is 14.7. The van der Waals surface area contributed by atoms with E-state index < -0.39 is 0 Å². The van der Waals surface area contributed by atoms with Crippen LogP contribution in [0.1, 0.15) is 32.2 Å². The van der Waals surface area contributed by atoms with Crippen molar-refractivity contribution in [2.24, 2.45) is 0 Å². The number of benzene rings is 1. The number of carbonyl (C=O) groups is 2. The molecule has 4 heterocycles. The minimum atomic E-state index is -0.323. The molecule has 0 atom stereocenters. The molecule has 148 valence electrons. The number of fused-ring (bicyclic) bond motifs is 2. The summed E-state index contributed by atoms with van der Waals surface area (Å²) in [6.07, 6.45) is 5.93. The smallest absolute Gasteiger partial charge is 0.294 e. The highest BCUT2D eigenvalue weighted by Gasteiger charge is 2.29. The first kappa shape index (κ1) is 18.1. The average molecular weight is 397 g/mol. The van der Waals surface area contributed by atoms with Crippen LogP contribution in [0.25, 0.3) is 5.52 Å². The maximum Gasteiger partial charge on any atom is 0.294 e. The monoisotopic (exact) mass is 397 g/mol. The molecule has 0 saturated heterocycles. The molecular formula is C23H19N5O2. The van der Waals surface area contributed by atoms with Crippen molar-refractivity contribution in [3.8, 4) is 0 Å². The van der Waals surface area contributed by atoms with Gasteiger partial charge in [-0.1, -0.05) is 24.3 Å². The van der Waals surface area contributed by atoms with E-state index in [1.165, 1.54) is 0 Å². The molecule has 3 aromatic heterocycles. The van der Waals surface area contributed by atoms with Gasteiger partial charge in [-0.3, -0.25) is 19.0 Å². The molecule has 4 aromatic rings. The second kappa shape index (κ2) is 7.44. The van der Waals surface area contributed by atoms with Crippen LogP contribution < -0.4 is 10.2 Å². The predicted molar refractivity (Wildman–Crippen MR) is 112 cm³/mol. The number of pyridine rings is 2. The fourth-order valence-electron chi connectivity index (χ4n) is 3.79. The Morgan fingerprint density at radius 3 is 2.67 bits per heavy atom. The minimum absolute atomic E-state index is 0.214. The van der Waals surface area contributed by atoms with Crippen LogP contribution in [0.4, 0.5) is 5.69 Å². The van der Waals surface area contributed by atoms with E-state index in [4.69, 9.17) is 0 Å². The average Bonchev–Trinajstić information content (AvgIpc) is 3.40. The Morgan fingerprint density at radius 2 is 1.80 bits per heavy atom. The largest absolute Gasteiger partial charge is 0.347 e. The van der Waals surface area contributed by atoms with Crippen LogP contribution in [-0.4, -0.2) is 32.7 Å². The van der Waals surface area contributed by atoms with Gasteiger partial charge >= 0.3 is 0 Å². The predicted octanol–water partition coefficient (Wildman–Crippen LogP) is 2.86. The van der Waals surface area contributed by atoms with Crippen molar-refractivity contribution in [2.75, 3.05) is 11.4 Å². The fourth-order valence-corrected chi connectivity index (χ4v) is 3.79. The van der Waals surface area contributed by atoms with Crippen LogP contribution in [0.5, 0.6) is 0 Å². The zero-order chi connectivity index (χ0) is 20.5. The number of amides is 2. The van der Waals surface area contributed by atoms with Crippen molar-refractivity contribution in [3.63, 3.8) is 0 Å². The molecule has 1 N–H and O–H groups in total. The van der Waals surface area contributed by atoms with Gasteiger partial charge in [0, 0.05) is 37.4 Å². The van der Waals surface area contributed by atoms with Crippen molar-refractivity contribution in [3.05, 3.63) is 95.8 Å². The van der Waals surface area contributed by atoms with E-state index >= 15 is 0 Å². The van der Waals surface area contributed by atoms with Gasteiger partial charge in [-0.15, -0.1) is 0 Å². The summed E-state index contributed by atoms with van der Waals surface area (Å²) in [4.78, 5) is 36.4. The molecule has 0 aliphatic carbocycles. The van der Waals surface area contributed by atoms with Crippen LogP contribution >= 0.6 is 0 Å². The molecule has 5 rings (SSSR count). The van der Waals surface area contributed by atoms with Crippen molar-refractivity contribution < 1.29 is 9.59 Å². The van der Waals surface area contributed by atoms with E-state index in [2.05, 4.69) is 15.3 Å². The summed E-state index contributed by atoms with van der Waals surface area (Å²) in [5.41, 5.74) is 3.81. The van der Waals surface area contributed by atoms with Gasteiger partial charge < -0.3 is 10.2 Å². The number of nitrogens with zero attached hydrogens (tertiary/aromatic N) is 4. The van der Waals surface area contributed by atoms with Gasteiger partial charge in [0.1, 0.15) is 0 Å². The number of anilines is 1. The van der Waals surface area contributed by atoms with Crippen LogP contribution in [-0.2, 0) is 13.0 Å². The van der Waals surface area contributed by atoms with E-state index in [1.54, 1.807) is 34.0 Å². The van der Waals surface area contributed by atoms with Crippen LogP contribution in [0.3, 0.4) is 0 Å². The first-order valence-corrected chi connectivity index (χ1v) is 9.76. The quantitative estimate of drug-likeness (QED) is 0.574. The van der Waals surface area contributed by atoms with Crippen LogP contribution in [0.15, 0.2) is 73.2 Å². The van der Waals surface area contributed by atoms with Crippen molar-refractivity contribution >= 4 is 23.0 Å². The summed E-state index contributed by atoms with van der Waals surface area (Å²) in [6, 6.07) is 17.0. The standard InChI is InChI=1S/C23H19N5O2/c29-22(25-15-16-8-11-24-12-9-16)20-19-7-3-4-13-27(19)21(26-20)23(30)28-14-10-17-5-1-2-6-18(17)28/h1-9,11-13H,10,14-15H2,(H,25,29). The lowest BCUT2D eigenvalue weighted by atomic mass is 10.2. The SMILES string of the molecule is O=C(NCc1ccncc1)c1nc(C(=O)N2CCc3ccccc32)n2ccccc12. The van der Waals surface area contributed by atoms with Gasteiger partial charge in [0.2, 0.25) is 5.82 Å². The molecule has 1 aliphatic heterocycles. The van der Waals surface area contributed by atoms with Gasteiger partial charge in [-0.05, 0) is 47.9 Å². The molecule has 1 aromatic carbocycles. The van der Waals surface area contributed by atoms with E-state index in [-0.39, 0.29) is 23.3 Å². The van der Waals surface area contributed by atoms with Crippen LogP contribution in [0.2, 0.25) is 0 Å². The molecule has 1 aliphatic rings. The zero-order valence-corrected chi connectivity index (χ0v) is 16.2. The Bertz CT molecular complexity index is 1250. The fraction of sp³-hybridized carbons (Fsp3) is 0.130. The van der Waals surface area contributed by atoms with E-state index in [0.29, 0.717) is 18.6 Å². The van der Waals surface area contributed by atoms with Gasteiger partial charge in [-0.2, -0.15) is 0 Å². The third-order valence-electron chi connectivity index (χ3n) is 5.29. The second-order valence-corrected chi connectivity index (χ2v) is 7.11. The number of aromatic nitrogens is 3. The summed E-state index contributed by atoms with van der Waals surface area (Å²) in [5.74, 6) is -0.304. The Kier molecular flexibility index (Phi) is 4.48. The molecule has 0 radical (unpaired) electrons. The molecule has 30 heavy (non-hydrogen) atoms. The lowest BCUT2D eigenvalue weighted by Crippen LogP contribution is -2.30. The normalized spacial score (nSPS) is 12.7.